The molecule has 0 rings (SSSR count). The van der Waals surface area contributed by atoms with Gasteiger partial charge in [-0.1, -0.05) is 25.7 Å². The standard InChI is InChI=1S/C27H49N5O11/c28-19-24(35)30-12-14-41-15-13-31-25(36)20-43-18-17-42-16-11-29-22(33)10-9-21(27(39)40)32-23(34)7-5-3-1-2-4-6-8-26(37)38/h21H,1-20,28H2,(H,29,33)(H,30,35)(H,31,36)(H,32,34)(H,37,38)(H,39,40)/t21-/m0/s1. The molecule has 0 bridgehead atoms. The molecule has 1 atom stereocenters. The first kappa shape index (κ1) is 39.7. The third-order valence-corrected chi connectivity index (χ3v) is 5.83. The van der Waals surface area contributed by atoms with Crippen LogP contribution in [0.5, 0.6) is 0 Å². The molecular formula is C27H49N5O11. The van der Waals surface area contributed by atoms with Gasteiger partial charge in [0, 0.05) is 38.9 Å². The van der Waals surface area contributed by atoms with Crippen LogP contribution in [0.1, 0.15) is 64.2 Å². The van der Waals surface area contributed by atoms with E-state index >= 15 is 0 Å². The number of carboxylic acid groups (broad SMARTS) is 2. The Morgan fingerprint density at radius 3 is 1.67 bits per heavy atom. The Balaban J connectivity index is 3.73. The van der Waals surface area contributed by atoms with Crippen molar-refractivity contribution in [2.24, 2.45) is 5.73 Å². The quantitative estimate of drug-likeness (QED) is 0.0493. The summed E-state index contributed by atoms with van der Waals surface area (Å²) in [4.78, 5) is 68.6. The Morgan fingerprint density at radius 2 is 1.09 bits per heavy atom. The van der Waals surface area contributed by atoms with Crippen molar-refractivity contribution in [3.8, 4) is 0 Å². The maximum absolute atomic E-state index is 12.1. The molecule has 0 radical (unpaired) electrons. The summed E-state index contributed by atoms with van der Waals surface area (Å²) in [5.74, 6) is -3.36. The first-order chi connectivity index (χ1) is 20.6. The van der Waals surface area contributed by atoms with Gasteiger partial charge in [-0.05, 0) is 19.3 Å². The van der Waals surface area contributed by atoms with Crippen molar-refractivity contribution in [3.05, 3.63) is 0 Å². The number of rotatable bonds is 29. The van der Waals surface area contributed by atoms with Crippen LogP contribution in [0.4, 0.5) is 0 Å². The lowest BCUT2D eigenvalue weighted by Gasteiger charge is -2.14. The number of nitrogens with two attached hydrogens (primary N) is 1. The van der Waals surface area contributed by atoms with Gasteiger partial charge in [0.2, 0.25) is 23.6 Å². The van der Waals surface area contributed by atoms with Crippen LogP contribution in [0, 0.1) is 0 Å². The van der Waals surface area contributed by atoms with E-state index in [-0.39, 0.29) is 95.4 Å². The molecule has 0 aromatic carbocycles. The zero-order valence-corrected chi connectivity index (χ0v) is 24.9. The summed E-state index contributed by atoms with van der Waals surface area (Å²) in [5, 5.41) is 28.2. The molecule has 248 valence electrons. The fraction of sp³-hybridized carbons (Fsp3) is 0.778. The molecule has 0 aliphatic carbocycles. The number of unbranched alkanes of at least 4 members (excludes halogenated alkanes) is 5. The zero-order valence-electron chi connectivity index (χ0n) is 24.9. The molecular weight excluding hydrogens is 570 g/mol. The third kappa shape index (κ3) is 27.3. The van der Waals surface area contributed by atoms with Crippen LogP contribution in [-0.2, 0) is 43.0 Å². The van der Waals surface area contributed by atoms with Crippen molar-refractivity contribution in [2.45, 2.75) is 70.3 Å². The number of hydrogen-bond acceptors (Lipinski definition) is 10. The van der Waals surface area contributed by atoms with Crippen LogP contribution in [-0.4, -0.2) is 118 Å². The van der Waals surface area contributed by atoms with Crippen molar-refractivity contribution >= 4 is 35.6 Å². The minimum atomic E-state index is -1.21. The Labute approximate surface area is 252 Å². The van der Waals surface area contributed by atoms with Gasteiger partial charge in [-0.3, -0.25) is 24.0 Å². The maximum Gasteiger partial charge on any atom is 0.326 e. The van der Waals surface area contributed by atoms with E-state index in [1.807, 2.05) is 0 Å². The van der Waals surface area contributed by atoms with Gasteiger partial charge in [-0.2, -0.15) is 0 Å². The highest BCUT2D eigenvalue weighted by atomic mass is 16.5. The number of carboxylic acids is 2. The van der Waals surface area contributed by atoms with Gasteiger partial charge < -0.3 is 51.4 Å². The van der Waals surface area contributed by atoms with Gasteiger partial charge in [0.1, 0.15) is 12.6 Å². The number of hydrogen-bond donors (Lipinski definition) is 7. The topological polar surface area (TPSA) is 245 Å². The van der Waals surface area contributed by atoms with E-state index in [2.05, 4.69) is 21.3 Å². The van der Waals surface area contributed by atoms with Crippen molar-refractivity contribution < 1.29 is 53.2 Å². The van der Waals surface area contributed by atoms with E-state index in [0.717, 1.165) is 25.7 Å². The second-order valence-electron chi connectivity index (χ2n) is 9.54. The van der Waals surface area contributed by atoms with Crippen molar-refractivity contribution in [1.29, 1.82) is 0 Å². The van der Waals surface area contributed by atoms with E-state index in [9.17, 15) is 33.9 Å². The van der Waals surface area contributed by atoms with Gasteiger partial charge in [-0.15, -0.1) is 0 Å². The Morgan fingerprint density at radius 1 is 0.581 bits per heavy atom. The molecule has 0 aromatic rings. The average Bonchev–Trinajstić information content (AvgIpc) is 2.96. The number of aliphatic carboxylic acids is 2. The van der Waals surface area contributed by atoms with Crippen LogP contribution >= 0.6 is 0 Å². The molecule has 0 fully saturated rings. The van der Waals surface area contributed by atoms with E-state index < -0.39 is 18.0 Å². The molecule has 0 saturated carbocycles. The summed E-state index contributed by atoms with van der Waals surface area (Å²) in [6.07, 6.45) is 4.83. The molecule has 8 N–H and O–H groups in total. The highest BCUT2D eigenvalue weighted by Crippen LogP contribution is 2.09. The van der Waals surface area contributed by atoms with Gasteiger partial charge in [0.05, 0.1) is 39.6 Å². The van der Waals surface area contributed by atoms with Crippen LogP contribution in [0.2, 0.25) is 0 Å². The lowest BCUT2D eigenvalue weighted by Crippen LogP contribution is -2.41. The molecule has 0 aromatic heterocycles. The second-order valence-corrected chi connectivity index (χ2v) is 9.54. The molecule has 43 heavy (non-hydrogen) atoms. The molecule has 0 unspecified atom stereocenters. The smallest absolute Gasteiger partial charge is 0.326 e. The number of nitrogens with one attached hydrogen (secondary N) is 4. The number of carbonyl (C=O) groups is 6. The second kappa shape index (κ2) is 27.5. The van der Waals surface area contributed by atoms with Crippen molar-refractivity contribution in [2.75, 3.05) is 65.8 Å². The monoisotopic (exact) mass is 619 g/mol. The Kier molecular flexibility index (Phi) is 25.4. The fourth-order valence-corrected chi connectivity index (χ4v) is 3.55. The molecule has 0 aliphatic rings. The summed E-state index contributed by atoms with van der Waals surface area (Å²) < 4.78 is 15.8. The highest BCUT2D eigenvalue weighted by Gasteiger charge is 2.20. The summed E-state index contributed by atoms with van der Waals surface area (Å²) in [7, 11) is 0. The van der Waals surface area contributed by atoms with Crippen molar-refractivity contribution in [1.82, 2.24) is 21.3 Å². The summed E-state index contributed by atoms with van der Waals surface area (Å²) in [6.45, 7) is 1.77. The number of carbonyl (C=O) groups excluding carboxylic acids is 4. The maximum atomic E-state index is 12.1. The van der Waals surface area contributed by atoms with E-state index in [4.69, 9.17) is 25.1 Å². The number of amides is 4. The average molecular weight is 620 g/mol. The fourth-order valence-electron chi connectivity index (χ4n) is 3.55. The molecule has 0 aliphatic heterocycles. The lowest BCUT2D eigenvalue weighted by molar-refractivity contribution is -0.142. The number of ether oxygens (including phenoxy) is 3. The molecule has 0 saturated heterocycles. The Hall–Kier alpha value is -3.34. The van der Waals surface area contributed by atoms with E-state index in [0.29, 0.717) is 32.5 Å². The molecule has 0 heterocycles. The van der Waals surface area contributed by atoms with Gasteiger partial charge in [-0.25, -0.2) is 4.79 Å². The summed E-state index contributed by atoms with van der Waals surface area (Å²) >= 11 is 0. The highest BCUT2D eigenvalue weighted by molar-refractivity contribution is 5.84. The molecule has 4 amide bonds. The zero-order chi connectivity index (χ0) is 32.1. The summed E-state index contributed by atoms with van der Waals surface area (Å²) in [6, 6.07) is -1.16. The first-order valence-electron chi connectivity index (χ1n) is 14.6. The van der Waals surface area contributed by atoms with Crippen LogP contribution < -0.4 is 27.0 Å². The van der Waals surface area contributed by atoms with Gasteiger partial charge in [0.15, 0.2) is 0 Å². The minimum absolute atomic E-state index is 0.0492. The molecule has 0 spiro atoms. The van der Waals surface area contributed by atoms with Crippen molar-refractivity contribution in [3.63, 3.8) is 0 Å². The van der Waals surface area contributed by atoms with Crippen LogP contribution in [0.15, 0.2) is 0 Å². The van der Waals surface area contributed by atoms with Crippen LogP contribution in [0.3, 0.4) is 0 Å². The predicted molar refractivity (Wildman–Crippen MR) is 154 cm³/mol. The van der Waals surface area contributed by atoms with Crippen LogP contribution in [0.25, 0.3) is 0 Å². The minimum Gasteiger partial charge on any atom is -0.481 e. The molecule has 16 heteroatoms. The molecule has 16 nitrogen and oxygen atoms in total. The third-order valence-electron chi connectivity index (χ3n) is 5.83. The van der Waals surface area contributed by atoms with Gasteiger partial charge in [0.25, 0.3) is 0 Å². The van der Waals surface area contributed by atoms with E-state index in [1.165, 1.54) is 0 Å². The first-order valence-corrected chi connectivity index (χ1v) is 14.6. The van der Waals surface area contributed by atoms with Gasteiger partial charge >= 0.3 is 11.9 Å². The summed E-state index contributed by atoms with van der Waals surface area (Å²) in [5.41, 5.74) is 5.15. The predicted octanol–water partition coefficient (Wildman–Crippen LogP) is -1.10. The lowest BCUT2D eigenvalue weighted by atomic mass is 10.1. The Bertz CT molecular complexity index is 829. The van der Waals surface area contributed by atoms with E-state index in [1.54, 1.807) is 0 Å². The largest absolute Gasteiger partial charge is 0.481 e. The SMILES string of the molecule is NCC(=O)NCCOCCNC(=O)COCCOCCNC(=O)CC[C@H](NC(=O)CCCCCCCCC(=O)O)C(=O)O. The normalized spacial score (nSPS) is 11.4.